The van der Waals surface area contributed by atoms with Crippen molar-refractivity contribution in [1.29, 1.82) is 0 Å². The van der Waals surface area contributed by atoms with Crippen molar-refractivity contribution in [1.82, 2.24) is 14.8 Å². The number of rotatable bonds is 1. The summed E-state index contributed by atoms with van der Waals surface area (Å²) in [5.74, 6) is 0.974. The lowest BCUT2D eigenvalue weighted by Gasteiger charge is -2.33. The first-order valence-corrected chi connectivity index (χ1v) is 5.49. The van der Waals surface area contributed by atoms with Crippen LogP contribution in [0.4, 0.5) is 5.95 Å². The fourth-order valence-corrected chi connectivity index (χ4v) is 2.12. The molecule has 1 aromatic rings. The molecule has 0 aromatic carbocycles. The zero-order valence-corrected chi connectivity index (χ0v) is 9.47. The van der Waals surface area contributed by atoms with Crippen molar-refractivity contribution < 1.29 is 0 Å². The van der Waals surface area contributed by atoms with Gasteiger partial charge in [-0.25, -0.2) is 5.10 Å². The van der Waals surface area contributed by atoms with E-state index in [0.717, 1.165) is 12.5 Å². The molecule has 0 spiro atoms. The Hall–Kier alpha value is -0.840. The lowest BCUT2D eigenvalue weighted by Crippen LogP contribution is -2.39. The monoisotopic (exact) mass is 212 g/mol. The number of piperidine rings is 1. The summed E-state index contributed by atoms with van der Waals surface area (Å²) in [7, 11) is 1.96. The van der Waals surface area contributed by atoms with E-state index in [9.17, 15) is 0 Å². The minimum atomic E-state index is 0.577. The maximum Gasteiger partial charge on any atom is 0.225 e. The molecule has 1 atom stereocenters. The van der Waals surface area contributed by atoms with Crippen molar-refractivity contribution in [3.8, 4) is 0 Å². The summed E-state index contributed by atoms with van der Waals surface area (Å²) in [5.41, 5.74) is 0. The van der Waals surface area contributed by atoms with Crippen LogP contribution >= 0.6 is 12.2 Å². The van der Waals surface area contributed by atoms with Crippen LogP contribution in [0.1, 0.15) is 26.2 Å². The second-order valence-electron chi connectivity index (χ2n) is 3.93. The highest BCUT2D eigenvalue weighted by Crippen LogP contribution is 2.21. The van der Waals surface area contributed by atoms with E-state index in [1.54, 1.807) is 0 Å². The van der Waals surface area contributed by atoms with Gasteiger partial charge in [0.1, 0.15) is 0 Å². The van der Waals surface area contributed by atoms with Crippen molar-refractivity contribution in [2.45, 2.75) is 32.2 Å². The van der Waals surface area contributed by atoms with Crippen molar-refractivity contribution in [2.24, 2.45) is 7.05 Å². The lowest BCUT2D eigenvalue weighted by atomic mass is 10.0. The molecule has 0 bridgehead atoms. The van der Waals surface area contributed by atoms with Gasteiger partial charge in [-0.2, -0.15) is 0 Å². The van der Waals surface area contributed by atoms with Crippen molar-refractivity contribution in [2.75, 3.05) is 11.4 Å². The van der Waals surface area contributed by atoms with E-state index in [1.165, 1.54) is 19.3 Å². The first-order chi connectivity index (χ1) is 6.70. The molecular formula is C9H16N4S. The molecule has 1 aliphatic heterocycles. The second-order valence-corrected chi connectivity index (χ2v) is 4.31. The van der Waals surface area contributed by atoms with Gasteiger partial charge in [0.2, 0.25) is 5.95 Å². The molecule has 1 aliphatic rings. The normalized spacial score (nSPS) is 22.7. The molecule has 0 amide bonds. The molecule has 1 saturated heterocycles. The number of anilines is 1. The molecule has 4 nitrogen and oxygen atoms in total. The van der Waals surface area contributed by atoms with Gasteiger partial charge >= 0.3 is 0 Å². The summed E-state index contributed by atoms with van der Waals surface area (Å²) in [5, 5.41) is 7.09. The van der Waals surface area contributed by atoms with E-state index in [1.807, 2.05) is 11.6 Å². The van der Waals surface area contributed by atoms with Crippen LogP contribution in [0, 0.1) is 4.77 Å². The van der Waals surface area contributed by atoms with Crippen LogP contribution < -0.4 is 4.90 Å². The highest BCUT2D eigenvalue weighted by Gasteiger charge is 2.21. The first kappa shape index (κ1) is 9.71. The average Bonchev–Trinajstić information content (AvgIpc) is 2.49. The SMILES string of the molecule is CC1CCCCN1c1n[nH]c(=S)n1C. The van der Waals surface area contributed by atoms with E-state index in [2.05, 4.69) is 22.0 Å². The summed E-state index contributed by atoms with van der Waals surface area (Å²) >= 11 is 5.10. The van der Waals surface area contributed by atoms with Gasteiger partial charge in [-0.15, -0.1) is 5.10 Å². The largest absolute Gasteiger partial charge is 0.338 e. The van der Waals surface area contributed by atoms with Crippen molar-refractivity contribution in [3.05, 3.63) is 4.77 Å². The van der Waals surface area contributed by atoms with E-state index in [4.69, 9.17) is 12.2 Å². The highest BCUT2D eigenvalue weighted by molar-refractivity contribution is 7.71. The average molecular weight is 212 g/mol. The lowest BCUT2D eigenvalue weighted by molar-refractivity contribution is 0.472. The predicted molar refractivity (Wildman–Crippen MR) is 59.1 cm³/mol. The van der Waals surface area contributed by atoms with Crippen LogP contribution in [0.5, 0.6) is 0 Å². The number of aromatic amines is 1. The maximum absolute atomic E-state index is 5.10. The van der Waals surface area contributed by atoms with E-state index < -0.39 is 0 Å². The van der Waals surface area contributed by atoms with Crippen LogP contribution in [0.2, 0.25) is 0 Å². The van der Waals surface area contributed by atoms with Gasteiger partial charge < -0.3 is 4.90 Å². The smallest absolute Gasteiger partial charge is 0.225 e. The topological polar surface area (TPSA) is 36.9 Å². The summed E-state index contributed by atoms with van der Waals surface area (Å²) in [6.45, 7) is 3.34. The Morgan fingerprint density at radius 2 is 2.29 bits per heavy atom. The number of aromatic nitrogens is 3. The number of hydrogen-bond acceptors (Lipinski definition) is 3. The first-order valence-electron chi connectivity index (χ1n) is 5.08. The number of nitrogens with one attached hydrogen (secondary N) is 1. The molecule has 0 aliphatic carbocycles. The molecule has 78 valence electrons. The second kappa shape index (κ2) is 3.73. The Morgan fingerprint density at radius 3 is 2.86 bits per heavy atom. The Labute approximate surface area is 88.9 Å². The molecule has 0 saturated carbocycles. The molecule has 2 heterocycles. The number of H-pyrrole nitrogens is 1. The fourth-order valence-electron chi connectivity index (χ4n) is 1.99. The third kappa shape index (κ3) is 1.56. The molecule has 5 heteroatoms. The van der Waals surface area contributed by atoms with E-state index in [0.29, 0.717) is 10.8 Å². The van der Waals surface area contributed by atoms with Crippen molar-refractivity contribution in [3.63, 3.8) is 0 Å². The Balaban J connectivity index is 2.29. The molecule has 1 N–H and O–H groups in total. The zero-order chi connectivity index (χ0) is 10.1. The summed E-state index contributed by atoms with van der Waals surface area (Å²) in [6, 6.07) is 0.577. The molecular weight excluding hydrogens is 196 g/mol. The van der Waals surface area contributed by atoms with Gasteiger partial charge in [0, 0.05) is 19.6 Å². The van der Waals surface area contributed by atoms with Gasteiger partial charge in [-0.1, -0.05) is 0 Å². The van der Waals surface area contributed by atoms with Crippen LogP contribution in [0.25, 0.3) is 0 Å². The third-order valence-electron chi connectivity index (χ3n) is 2.92. The summed E-state index contributed by atoms with van der Waals surface area (Å²) in [4.78, 5) is 2.33. The Bertz CT molecular complexity index is 367. The van der Waals surface area contributed by atoms with Crippen LogP contribution in [0.3, 0.4) is 0 Å². The number of hydrogen-bond donors (Lipinski definition) is 1. The van der Waals surface area contributed by atoms with Crippen LogP contribution in [0.15, 0.2) is 0 Å². The van der Waals surface area contributed by atoms with E-state index in [-0.39, 0.29) is 0 Å². The molecule has 14 heavy (non-hydrogen) atoms. The zero-order valence-electron chi connectivity index (χ0n) is 8.66. The molecule has 2 rings (SSSR count). The van der Waals surface area contributed by atoms with E-state index >= 15 is 0 Å². The van der Waals surface area contributed by atoms with Gasteiger partial charge in [0.15, 0.2) is 4.77 Å². The highest BCUT2D eigenvalue weighted by atomic mass is 32.1. The maximum atomic E-state index is 5.10. The van der Waals surface area contributed by atoms with Crippen molar-refractivity contribution >= 4 is 18.2 Å². The van der Waals surface area contributed by atoms with Crippen LogP contribution in [-0.2, 0) is 7.05 Å². The summed E-state index contributed by atoms with van der Waals surface area (Å²) < 4.78 is 2.63. The third-order valence-corrected chi connectivity index (χ3v) is 3.28. The van der Waals surface area contributed by atoms with Gasteiger partial charge in [-0.05, 0) is 38.4 Å². The molecule has 1 aromatic heterocycles. The standard InChI is InChI=1S/C9H16N4S/c1-7-5-3-4-6-13(7)8-10-11-9(14)12(8)2/h7H,3-6H2,1-2H3,(H,11,14). The quantitative estimate of drug-likeness (QED) is 0.722. The Morgan fingerprint density at radius 1 is 1.50 bits per heavy atom. The minimum Gasteiger partial charge on any atom is -0.338 e. The predicted octanol–water partition coefficient (Wildman–Crippen LogP) is 1.86. The molecule has 1 fully saturated rings. The van der Waals surface area contributed by atoms with Crippen LogP contribution in [-0.4, -0.2) is 27.4 Å². The summed E-state index contributed by atoms with van der Waals surface area (Å²) in [6.07, 6.45) is 3.83. The molecule has 0 radical (unpaired) electrons. The van der Waals surface area contributed by atoms with Gasteiger partial charge in [0.25, 0.3) is 0 Å². The Kier molecular flexibility index (Phi) is 2.58. The number of nitrogens with zero attached hydrogens (tertiary/aromatic N) is 3. The van der Waals surface area contributed by atoms with Gasteiger partial charge in [-0.3, -0.25) is 4.57 Å². The molecule has 1 unspecified atom stereocenters. The van der Waals surface area contributed by atoms with Gasteiger partial charge in [0.05, 0.1) is 0 Å². The fraction of sp³-hybridized carbons (Fsp3) is 0.778. The minimum absolute atomic E-state index is 0.577.